The number of hydrogen-bond donors (Lipinski definition) is 2. The molecule has 33 heavy (non-hydrogen) atoms. The molecule has 3 aromatic rings. The first-order valence-corrected chi connectivity index (χ1v) is 12.0. The van der Waals surface area contributed by atoms with Crippen molar-refractivity contribution < 1.29 is 9.90 Å². The second-order valence-corrected chi connectivity index (χ2v) is 9.39. The standard InChI is InChI=1S/C27H32N4O2/c1-19-7-5-8-20(17-19)26-23(18-31(29-26)22-9-3-2-4-10-22)27(33)28-21-13-15-30(16-14-21)24-11-6-12-25(24)32/h2-5,7-10,17-18,21,24-25,32H,6,11-16H2,1H3,(H,28,33)/t24-,25+/m1/s1. The van der Waals surface area contributed by atoms with Gasteiger partial charge in [-0.3, -0.25) is 9.69 Å². The summed E-state index contributed by atoms with van der Waals surface area (Å²) >= 11 is 0. The van der Waals surface area contributed by atoms with Crippen molar-refractivity contribution in [3.63, 3.8) is 0 Å². The fourth-order valence-electron chi connectivity index (χ4n) is 5.24. The summed E-state index contributed by atoms with van der Waals surface area (Å²) in [4.78, 5) is 15.8. The number of rotatable bonds is 5. The number of piperidine rings is 1. The largest absolute Gasteiger partial charge is 0.391 e. The summed E-state index contributed by atoms with van der Waals surface area (Å²) in [7, 11) is 0. The number of carbonyl (C=O) groups excluding carboxylic acids is 1. The van der Waals surface area contributed by atoms with Gasteiger partial charge in [0.15, 0.2) is 0 Å². The average Bonchev–Trinajstić information content (AvgIpc) is 3.47. The van der Waals surface area contributed by atoms with E-state index in [1.165, 1.54) is 0 Å². The second kappa shape index (κ2) is 9.49. The molecule has 2 atom stereocenters. The number of aliphatic hydroxyl groups is 1. The topological polar surface area (TPSA) is 70.4 Å². The van der Waals surface area contributed by atoms with Gasteiger partial charge >= 0.3 is 0 Å². The first-order valence-electron chi connectivity index (χ1n) is 12.0. The Bertz CT molecular complexity index is 1100. The van der Waals surface area contributed by atoms with E-state index in [0.29, 0.717) is 17.3 Å². The number of carbonyl (C=O) groups is 1. The van der Waals surface area contributed by atoms with E-state index in [9.17, 15) is 9.90 Å². The third-order valence-corrected chi connectivity index (χ3v) is 7.05. The van der Waals surface area contributed by atoms with E-state index in [0.717, 1.165) is 62.0 Å². The average molecular weight is 445 g/mol. The second-order valence-electron chi connectivity index (χ2n) is 9.39. The van der Waals surface area contributed by atoms with Crippen molar-refractivity contribution in [3.05, 3.63) is 71.9 Å². The number of likely N-dealkylation sites (tertiary alicyclic amines) is 1. The van der Waals surface area contributed by atoms with Crippen LogP contribution in [0, 0.1) is 6.92 Å². The molecule has 0 unspecified atom stereocenters. The van der Waals surface area contributed by atoms with Gasteiger partial charge in [0.25, 0.3) is 5.91 Å². The maximum atomic E-state index is 13.4. The van der Waals surface area contributed by atoms with Gasteiger partial charge in [-0.2, -0.15) is 5.10 Å². The number of nitrogens with one attached hydrogen (secondary N) is 1. The van der Waals surface area contributed by atoms with Crippen LogP contribution in [0.3, 0.4) is 0 Å². The fourth-order valence-corrected chi connectivity index (χ4v) is 5.24. The summed E-state index contributed by atoms with van der Waals surface area (Å²) in [6.07, 6.45) is 6.55. The third kappa shape index (κ3) is 4.72. The molecule has 1 amide bonds. The first kappa shape index (κ1) is 21.9. The molecular weight excluding hydrogens is 412 g/mol. The van der Waals surface area contributed by atoms with Crippen LogP contribution in [0.15, 0.2) is 60.8 Å². The highest BCUT2D eigenvalue weighted by Crippen LogP contribution is 2.28. The highest BCUT2D eigenvalue weighted by atomic mass is 16.3. The maximum Gasteiger partial charge on any atom is 0.255 e. The molecule has 0 spiro atoms. The number of aliphatic hydroxyl groups excluding tert-OH is 1. The fraction of sp³-hybridized carbons (Fsp3) is 0.407. The summed E-state index contributed by atoms with van der Waals surface area (Å²) in [5.74, 6) is -0.0759. The lowest BCUT2D eigenvalue weighted by atomic mass is 10.0. The summed E-state index contributed by atoms with van der Waals surface area (Å²) in [6.45, 7) is 3.88. The van der Waals surface area contributed by atoms with Crippen molar-refractivity contribution in [3.8, 4) is 16.9 Å². The van der Waals surface area contributed by atoms with Crippen LogP contribution in [-0.4, -0.2) is 57.0 Å². The molecule has 2 aromatic carbocycles. The van der Waals surface area contributed by atoms with E-state index in [1.807, 2.05) is 61.7 Å². The van der Waals surface area contributed by atoms with Crippen LogP contribution in [0.25, 0.3) is 16.9 Å². The molecule has 2 fully saturated rings. The lowest BCUT2D eigenvalue weighted by Gasteiger charge is -2.37. The van der Waals surface area contributed by atoms with Gasteiger partial charge in [0.2, 0.25) is 0 Å². The zero-order valence-electron chi connectivity index (χ0n) is 19.2. The molecular formula is C27H32N4O2. The van der Waals surface area contributed by atoms with E-state index in [1.54, 1.807) is 4.68 Å². The number of aryl methyl sites for hydroxylation is 1. The van der Waals surface area contributed by atoms with Crippen molar-refractivity contribution >= 4 is 5.91 Å². The Morgan fingerprint density at radius 1 is 1.03 bits per heavy atom. The third-order valence-electron chi connectivity index (χ3n) is 7.05. The molecule has 2 N–H and O–H groups in total. The Balaban J connectivity index is 1.34. The van der Waals surface area contributed by atoms with Gasteiger partial charge in [-0.1, -0.05) is 42.0 Å². The molecule has 1 saturated heterocycles. The maximum absolute atomic E-state index is 13.4. The Labute approximate surface area is 195 Å². The van der Waals surface area contributed by atoms with Gasteiger partial charge in [0.1, 0.15) is 5.69 Å². The summed E-state index contributed by atoms with van der Waals surface area (Å²) in [5.41, 5.74) is 4.30. The predicted octanol–water partition coefficient (Wildman–Crippen LogP) is 3.96. The highest BCUT2D eigenvalue weighted by Gasteiger charge is 2.33. The molecule has 5 rings (SSSR count). The minimum atomic E-state index is -0.197. The lowest BCUT2D eigenvalue weighted by Crippen LogP contribution is -2.49. The van der Waals surface area contributed by atoms with Crippen molar-refractivity contribution in [2.24, 2.45) is 0 Å². The van der Waals surface area contributed by atoms with E-state index < -0.39 is 0 Å². The van der Waals surface area contributed by atoms with Crippen molar-refractivity contribution in [1.82, 2.24) is 20.0 Å². The number of nitrogens with zero attached hydrogens (tertiary/aromatic N) is 3. The highest BCUT2D eigenvalue weighted by molar-refractivity contribution is 6.00. The smallest absolute Gasteiger partial charge is 0.255 e. The molecule has 1 aromatic heterocycles. The molecule has 6 nitrogen and oxygen atoms in total. The van der Waals surface area contributed by atoms with Gasteiger partial charge in [-0.05, 0) is 57.2 Å². The van der Waals surface area contributed by atoms with Crippen molar-refractivity contribution in [2.45, 2.75) is 57.2 Å². The predicted molar refractivity (Wildman–Crippen MR) is 129 cm³/mol. The Kier molecular flexibility index (Phi) is 6.29. The molecule has 2 heterocycles. The number of amides is 1. The molecule has 6 heteroatoms. The van der Waals surface area contributed by atoms with Crippen molar-refractivity contribution in [2.75, 3.05) is 13.1 Å². The van der Waals surface area contributed by atoms with E-state index in [-0.39, 0.29) is 18.1 Å². The Morgan fingerprint density at radius 2 is 1.82 bits per heavy atom. The molecule has 172 valence electrons. The molecule has 1 saturated carbocycles. The Hall–Kier alpha value is -2.96. The molecule has 1 aliphatic heterocycles. The van der Waals surface area contributed by atoms with Gasteiger partial charge in [-0.15, -0.1) is 0 Å². The van der Waals surface area contributed by atoms with Crippen LogP contribution in [0.5, 0.6) is 0 Å². The normalized spacial score (nSPS) is 21.9. The molecule has 1 aliphatic carbocycles. The molecule has 2 aliphatic rings. The number of aromatic nitrogens is 2. The van der Waals surface area contributed by atoms with Crippen LogP contribution in [-0.2, 0) is 0 Å². The van der Waals surface area contributed by atoms with Crippen LogP contribution in [0.1, 0.15) is 48.0 Å². The number of hydrogen-bond acceptors (Lipinski definition) is 4. The van der Waals surface area contributed by atoms with Gasteiger partial charge < -0.3 is 10.4 Å². The minimum absolute atomic E-state index is 0.0759. The van der Waals surface area contributed by atoms with Gasteiger partial charge in [-0.25, -0.2) is 4.68 Å². The monoisotopic (exact) mass is 444 g/mol. The van der Waals surface area contributed by atoms with Gasteiger partial charge in [0, 0.05) is 36.9 Å². The Morgan fingerprint density at radius 3 is 2.52 bits per heavy atom. The summed E-state index contributed by atoms with van der Waals surface area (Å²) < 4.78 is 1.79. The van der Waals surface area contributed by atoms with Gasteiger partial charge in [0.05, 0.1) is 17.4 Å². The van der Waals surface area contributed by atoms with Crippen LogP contribution in [0.4, 0.5) is 0 Å². The SMILES string of the molecule is Cc1cccc(-c2nn(-c3ccccc3)cc2C(=O)NC2CCN([C@@H]3CCC[C@@H]3O)CC2)c1. The number of para-hydroxylation sites is 1. The van der Waals surface area contributed by atoms with E-state index in [2.05, 4.69) is 16.3 Å². The molecule has 0 radical (unpaired) electrons. The lowest BCUT2D eigenvalue weighted by molar-refractivity contribution is 0.0514. The van der Waals surface area contributed by atoms with Crippen LogP contribution >= 0.6 is 0 Å². The quantitative estimate of drug-likeness (QED) is 0.625. The van der Waals surface area contributed by atoms with E-state index in [4.69, 9.17) is 5.10 Å². The van der Waals surface area contributed by atoms with E-state index >= 15 is 0 Å². The zero-order valence-corrected chi connectivity index (χ0v) is 19.2. The molecule has 0 bridgehead atoms. The van der Waals surface area contributed by atoms with Crippen molar-refractivity contribution in [1.29, 1.82) is 0 Å². The zero-order chi connectivity index (χ0) is 22.8. The summed E-state index contributed by atoms with van der Waals surface area (Å²) in [6, 6.07) is 18.4. The number of benzene rings is 2. The summed E-state index contributed by atoms with van der Waals surface area (Å²) in [5, 5.41) is 18.3. The minimum Gasteiger partial charge on any atom is -0.391 e. The van der Waals surface area contributed by atoms with Crippen LogP contribution in [0.2, 0.25) is 0 Å². The first-order chi connectivity index (χ1) is 16.1. The van der Waals surface area contributed by atoms with Crippen LogP contribution < -0.4 is 5.32 Å².